The van der Waals surface area contributed by atoms with Crippen LogP contribution in [0.25, 0.3) is 0 Å². The zero-order valence-electron chi connectivity index (χ0n) is 17.3. The van der Waals surface area contributed by atoms with Gasteiger partial charge in [-0.15, -0.1) is 0 Å². The van der Waals surface area contributed by atoms with Crippen molar-refractivity contribution in [3.05, 3.63) is 53.1 Å². The van der Waals surface area contributed by atoms with Crippen LogP contribution in [-0.4, -0.2) is 41.1 Å². The first-order valence-corrected chi connectivity index (χ1v) is 9.76. The summed E-state index contributed by atoms with van der Waals surface area (Å²) < 4.78 is 22.3. The van der Waals surface area contributed by atoms with Crippen molar-refractivity contribution in [1.82, 2.24) is 5.32 Å². The molecule has 2 aromatic carbocycles. The van der Waals surface area contributed by atoms with Gasteiger partial charge in [0.1, 0.15) is 17.2 Å². The molecular formula is C23H31NO4. The van der Waals surface area contributed by atoms with E-state index in [-0.39, 0.29) is 5.41 Å². The van der Waals surface area contributed by atoms with Crippen molar-refractivity contribution in [2.24, 2.45) is 0 Å². The molecule has 1 aliphatic heterocycles. The first kappa shape index (κ1) is 20.5. The van der Waals surface area contributed by atoms with E-state index in [0.29, 0.717) is 6.54 Å². The molecule has 1 heterocycles. The van der Waals surface area contributed by atoms with Crippen molar-refractivity contribution in [3.63, 3.8) is 0 Å². The summed E-state index contributed by atoms with van der Waals surface area (Å²) in [5.74, 6) is 2.65. The van der Waals surface area contributed by atoms with Gasteiger partial charge in [0.15, 0.2) is 0 Å². The van der Waals surface area contributed by atoms with Crippen molar-refractivity contribution in [3.8, 4) is 17.2 Å². The van der Waals surface area contributed by atoms with E-state index in [9.17, 15) is 0 Å². The van der Waals surface area contributed by atoms with Gasteiger partial charge in [0, 0.05) is 42.8 Å². The Hall–Kier alpha value is -2.24. The molecule has 1 saturated heterocycles. The van der Waals surface area contributed by atoms with Crippen molar-refractivity contribution < 1.29 is 18.9 Å². The molecule has 1 fully saturated rings. The number of hydrogen-bond acceptors (Lipinski definition) is 5. The van der Waals surface area contributed by atoms with Crippen molar-refractivity contribution in [1.29, 1.82) is 0 Å². The molecule has 2 aromatic rings. The average Bonchev–Trinajstić information content (AvgIpc) is 2.74. The lowest BCUT2D eigenvalue weighted by molar-refractivity contribution is 0.0489. The van der Waals surface area contributed by atoms with E-state index >= 15 is 0 Å². The minimum atomic E-state index is -0.0122. The molecule has 0 atom stereocenters. The third-order valence-corrected chi connectivity index (χ3v) is 5.64. The Bertz CT molecular complexity index is 784. The highest BCUT2D eigenvalue weighted by atomic mass is 16.5. The van der Waals surface area contributed by atoms with Crippen LogP contribution >= 0.6 is 0 Å². The summed E-state index contributed by atoms with van der Waals surface area (Å²) >= 11 is 0. The smallest absolute Gasteiger partial charge is 0.123 e. The molecule has 0 saturated carbocycles. The second kappa shape index (κ2) is 9.30. The highest BCUT2D eigenvalue weighted by molar-refractivity contribution is 5.43. The maximum absolute atomic E-state index is 5.70. The minimum Gasteiger partial charge on any atom is -0.497 e. The largest absolute Gasteiger partial charge is 0.497 e. The highest BCUT2D eigenvalue weighted by Crippen LogP contribution is 2.40. The Kier molecular flexibility index (Phi) is 6.81. The van der Waals surface area contributed by atoms with Crippen molar-refractivity contribution in [2.75, 3.05) is 41.1 Å². The molecule has 1 aliphatic rings. The lowest BCUT2D eigenvalue weighted by atomic mass is 9.73. The molecule has 0 bridgehead atoms. The van der Waals surface area contributed by atoms with Crippen LogP contribution in [0.5, 0.6) is 17.2 Å². The summed E-state index contributed by atoms with van der Waals surface area (Å²) in [6.45, 7) is 5.21. The van der Waals surface area contributed by atoms with E-state index in [0.717, 1.165) is 55.4 Å². The van der Waals surface area contributed by atoms with Gasteiger partial charge in [0.25, 0.3) is 0 Å². The van der Waals surface area contributed by atoms with Crippen LogP contribution in [0.4, 0.5) is 0 Å². The van der Waals surface area contributed by atoms with E-state index in [1.54, 1.807) is 21.3 Å². The summed E-state index contributed by atoms with van der Waals surface area (Å²) in [6, 6.07) is 12.3. The molecule has 0 amide bonds. The Morgan fingerprint density at radius 3 is 2.32 bits per heavy atom. The molecule has 152 valence electrons. The Morgan fingerprint density at radius 1 is 0.929 bits per heavy atom. The number of methoxy groups -OCH3 is 3. The van der Waals surface area contributed by atoms with Gasteiger partial charge in [0.05, 0.1) is 21.3 Å². The second-order valence-electron chi connectivity index (χ2n) is 7.38. The van der Waals surface area contributed by atoms with Crippen LogP contribution in [0.2, 0.25) is 0 Å². The number of rotatable bonds is 8. The Morgan fingerprint density at radius 2 is 1.64 bits per heavy atom. The van der Waals surface area contributed by atoms with Crippen molar-refractivity contribution in [2.45, 2.75) is 31.7 Å². The van der Waals surface area contributed by atoms with Crippen LogP contribution < -0.4 is 19.5 Å². The predicted octanol–water partition coefficient (Wildman–Crippen LogP) is 3.86. The van der Waals surface area contributed by atoms with Crippen LogP contribution in [0, 0.1) is 6.92 Å². The predicted molar refractivity (Wildman–Crippen MR) is 111 cm³/mol. The van der Waals surface area contributed by atoms with Gasteiger partial charge in [0.2, 0.25) is 0 Å². The van der Waals surface area contributed by atoms with Crippen LogP contribution in [-0.2, 0) is 16.7 Å². The summed E-state index contributed by atoms with van der Waals surface area (Å²) in [5.41, 5.74) is 3.58. The number of nitrogens with one attached hydrogen (secondary N) is 1. The minimum absolute atomic E-state index is 0.0122. The van der Waals surface area contributed by atoms with Gasteiger partial charge in [-0.05, 0) is 44.0 Å². The standard InChI is InChI=1S/C23H31NO4/c1-17-5-7-22(27-4)20(13-17)23(9-11-28-12-10-23)16-24-15-18-14-19(25-2)6-8-21(18)26-3/h5-8,13-14,24H,9-12,15-16H2,1-4H3. The summed E-state index contributed by atoms with van der Waals surface area (Å²) in [6.07, 6.45) is 1.93. The SMILES string of the molecule is COc1ccc(OC)c(CNCC2(c3cc(C)ccc3OC)CCOCC2)c1. The molecule has 0 unspecified atom stereocenters. The van der Waals surface area contributed by atoms with Crippen molar-refractivity contribution >= 4 is 0 Å². The molecule has 0 aromatic heterocycles. The first-order valence-electron chi connectivity index (χ1n) is 9.76. The molecule has 0 radical (unpaired) electrons. The highest BCUT2D eigenvalue weighted by Gasteiger charge is 2.36. The maximum atomic E-state index is 5.70. The molecule has 3 rings (SSSR count). The van der Waals surface area contributed by atoms with Gasteiger partial charge in [-0.25, -0.2) is 0 Å². The normalized spacial score (nSPS) is 15.9. The van der Waals surface area contributed by atoms with Gasteiger partial charge >= 0.3 is 0 Å². The third-order valence-electron chi connectivity index (χ3n) is 5.64. The number of hydrogen-bond donors (Lipinski definition) is 1. The van der Waals surface area contributed by atoms with Gasteiger partial charge in [-0.1, -0.05) is 17.7 Å². The molecule has 28 heavy (non-hydrogen) atoms. The summed E-state index contributed by atoms with van der Waals surface area (Å²) in [7, 11) is 5.12. The zero-order valence-corrected chi connectivity index (χ0v) is 17.3. The quantitative estimate of drug-likeness (QED) is 0.748. The molecule has 5 nitrogen and oxygen atoms in total. The van der Waals surface area contributed by atoms with E-state index in [1.807, 2.05) is 18.2 Å². The summed E-state index contributed by atoms with van der Waals surface area (Å²) in [5, 5.41) is 3.66. The molecule has 0 spiro atoms. The van der Waals surface area contributed by atoms with Gasteiger partial charge < -0.3 is 24.3 Å². The van der Waals surface area contributed by atoms with Gasteiger partial charge in [-0.2, -0.15) is 0 Å². The molecule has 1 N–H and O–H groups in total. The fourth-order valence-electron chi connectivity index (χ4n) is 4.00. The number of aryl methyl sites for hydroxylation is 1. The monoisotopic (exact) mass is 385 g/mol. The topological polar surface area (TPSA) is 49.0 Å². The number of benzene rings is 2. The number of ether oxygens (including phenoxy) is 4. The van der Waals surface area contributed by atoms with Crippen LogP contribution in [0.15, 0.2) is 36.4 Å². The fourth-order valence-corrected chi connectivity index (χ4v) is 4.00. The molecule has 5 heteroatoms. The lowest BCUT2D eigenvalue weighted by Gasteiger charge is -2.39. The first-order chi connectivity index (χ1) is 13.6. The molecule has 0 aliphatic carbocycles. The van der Waals surface area contributed by atoms with E-state index < -0.39 is 0 Å². The third kappa shape index (κ3) is 4.42. The van der Waals surface area contributed by atoms with E-state index in [2.05, 4.69) is 30.4 Å². The fraction of sp³-hybridized carbons (Fsp3) is 0.478. The van der Waals surface area contributed by atoms with E-state index in [1.165, 1.54) is 11.1 Å². The summed E-state index contributed by atoms with van der Waals surface area (Å²) in [4.78, 5) is 0. The zero-order chi connectivity index (χ0) is 20.0. The Balaban J connectivity index is 1.82. The van der Waals surface area contributed by atoms with Gasteiger partial charge in [-0.3, -0.25) is 0 Å². The van der Waals surface area contributed by atoms with Crippen LogP contribution in [0.1, 0.15) is 29.5 Å². The Labute approximate surface area is 168 Å². The molecular weight excluding hydrogens is 354 g/mol. The second-order valence-corrected chi connectivity index (χ2v) is 7.38. The average molecular weight is 386 g/mol. The lowest BCUT2D eigenvalue weighted by Crippen LogP contribution is -2.43. The van der Waals surface area contributed by atoms with Crippen LogP contribution in [0.3, 0.4) is 0 Å². The van der Waals surface area contributed by atoms with E-state index in [4.69, 9.17) is 18.9 Å². The maximum Gasteiger partial charge on any atom is 0.123 e.